The second kappa shape index (κ2) is 8.91. The number of fused-ring (bicyclic) bond motifs is 2. The number of hydrogen-bond acceptors (Lipinski definition) is 6. The molecular formula is C25H23N7S. The topological polar surface area (TPSA) is 80.0 Å². The summed E-state index contributed by atoms with van der Waals surface area (Å²) in [5, 5.41) is 7.58. The molecule has 5 rings (SSSR count). The van der Waals surface area contributed by atoms with E-state index in [1.807, 2.05) is 60.5 Å². The Hall–Kier alpha value is -3.91. The third kappa shape index (κ3) is 4.12. The maximum atomic E-state index is 5.48. The lowest BCUT2D eigenvalue weighted by molar-refractivity contribution is 0.805. The average Bonchev–Trinajstić information content (AvgIpc) is 3.34. The molecule has 0 aliphatic carbocycles. The third-order valence-corrected chi connectivity index (χ3v) is 6.15. The van der Waals surface area contributed by atoms with Crippen LogP contribution < -0.4 is 10.6 Å². The van der Waals surface area contributed by atoms with Gasteiger partial charge in [0.15, 0.2) is 0 Å². The van der Waals surface area contributed by atoms with Crippen LogP contribution in [0.1, 0.15) is 24.0 Å². The number of para-hydroxylation sites is 1. The summed E-state index contributed by atoms with van der Waals surface area (Å²) in [4.78, 5) is 18.7. The van der Waals surface area contributed by atoms with E-state index in [9.17, 15) is 0 Å². The highest BCUT2D eigenvalue weighted by Crippen LogP contribution is 2.27. The van der Waals surface area contributed by atoms with Gasteiger partial charge >= 0.3 is 0 Å². The van der Waals surface area contributed by atoms with Crippen LogP contribution in [0.3, 0.4) is 0 Å². The third-order valence-electron chi connectivity index (χ3n) is 5.73. The lowest BCUT2D eigenvalue weighted by atomic mass is 9.96. The van der Waals surface area contributed by atoms with Crippen LogP contribution in [0.15, 0.2) is 73.6 Å². The summed E-state index contributed by atoms with van der Waals surface area (Å²) in [6.45, 7) is 2.88. The second-order valence-electron chi connectivity index (χ2n) is 7.87. The summed E-state index contributed by atoms with van der Waals surface area (Å²) in [5.41, 5.74) is 5.79. The predicted molar refractivity (Wildman–Crippen MR) is 136 cm³/mol. The molecule has 4 aromatic heterocycles. The van der Waals surface area contributed by atoms with E-state index < -0.39 is 0 Å². The fourth-order valence-corrected chi connectivity index (χ4v) is 4.14. The highest BCUT2D eigenvalue weighted by atomic mass is 32.1. The molecule has 1 aromatic carbocycles. The molecule has 0 aliphatic rings. The van der Waals surface area contributed by atoms with Crippen LogP contribution in [-0.2, 0) is 0 Å². The maximum Gasteiger partial charge on any atom is 0.136 e. The van der Waals surface area contributed by atoms with E-state index in [0.717, 1.165) is 44.8 Å². The minimum absolute atomic E-state index is 0.205. The van der Waals surface area contributed by atoms with E-state index in [-0.39, 0.29) is 5.92 Å². The first kappa shape index (κ1) is 21.0. The number of hydrogen-bond donors (Lipinski definition) is 2. The number of anilines is 1. The SMILES string of the molecule is CNC(=S)c1ccnc2c(C(C)CNc3cc(-c4cnc5cccn5c4)ncn3)cccc12. The molecule has 5 aromatic rings. The van der Waals surface area contributed by atoms with Gasteiger partial charge < -0.3 is 15.0 Å². The zero-order valence-corrected chi connectivity index (χ0v) is 19.2. The summed E-state index contributed by atoms with van der Waals surface area (Å²) in [5.74, 6) is 0.973. The lowest BCUT2D eigenvalue weighted by Gasteiger charge is -2.17. The second-order valence-corrected chi connectivity index (χ2v) is 8.28. The van der Waals surface area contributed by atoms with Crippen molar-refractivity contribution in [2.75, 3.05) is 18.9 Å². The van der Waals surface area contributed by atoms with E-state index in [4.69, 9.17) is 12.2 Å². The van der Waals surface area contributed by atoms with Crippen molar-refractivity contribution < 1.29 is 0 Å². The van der Waals surface area contributed by atoms with Gasteiger partial charge in [-0.25, -0.2) is 15.0 Å². The molecule has 0 radical (unpaired) electrons. The molecule has 1 unspecified atom stereocenters. The maximum absolute atomic E-state index is 5.48. The monoisotopic (exact) mass is 453 g/mol. The van der Waals surface area contributed by atoms with E-state index in [1.165, 1.54) is 0 Å². The number of benzene rings is 1. The smallest absolute Gasteiger partial charge is 0.136 e. The van der Waals surface area contributed by atoms with Gasteiger partial charge in [0.05, 0.1) is 11.2 Å². The van der Waals surface area contributed by atoms with Gasteiger partial charge in [0, 0.05) is 66.9 Å². The molecule has 0 spiro atoms. The zero-order valence-electron chi connectivity index (χ0n) is 18.4. The van der Waals surface area contributed by atoms with Crippen molar-refractivity contribution in [3.05, 3.63) is 84.7 Å². The van der Waals surface area contributed by atoms with Crippen molar-refractivity contribution in [1.82, 2.24) is 29.7 Å². The summed E-state index contributed by atoms with van der Waals surface area (Å²) < 4.78 is 1.98. The van der Waals surface area contributed by atoms with Gasteiger partial charge in [-0.05, 0) is 23.8 Å². The molecular weight excluding hydrogens is 430 g/mol. The van der Waals surface area contributed by atoms with Gasteiger partial charge in [0.1, 0.15) is 22.8 Å². The average molecular weight is 454 g/mol. The fourth-order valence-electron chi connectivity index (χ4n) is 3.96. The van der Waals surface area contributed by atoms with Crippen molar-refractivity contribution in [2.45, 2.75) is 12.8 Å². The first-order valence-corrected chi connectivity index (χ1v) is 11.1. The Balaban J connectivity index is 1.37. The number of thiocarbonyl (C=S) groups is 1. The predicted octanol–water partition coefficient (Wildman–Crippen LogP) is 4.45. The molecule has 0 fully saturated rings. The molecule has 0 saturated heterocycles. The van der Waals surface area contributed by atoms with Crippen molar-refractivity contribution >= 4 is 39.6 Å². The van der Waals surface area contributed by atoms with Gasteiger partial charge in [0.25, 0.3) is 0 Å². The van der Waals surface area contributed by atoms with Crippen LogP contribution in [0.2, 0.25) is 0 Å². The molecule has 0 amide bonds. The zero-order chi connectivity index (χ0) is 22.8. The summed E-state index contributed by atoms with van der Waals surface area (Å²) in [6, 6.07) is 14.1. The molecule has 0 aliphatic heterocycles. The van der Waals surface area contributed by atoms with Crippen LogP contribution in [0.4, 0.5) is 5.82 Å². The highest BCUT2D eigenvalue weighted by molar-refractivity contribution is 7.80. The quantitative estimate of drug-likeness (QED) is 0.368. The first-order valence-electron chi connectivity index (χ1n) is 10.7. The summed E-state index contributed by atoms with van der Waals surface area (Å²) in [6.07, 6.45) is 9.22. The molecule has 0 saturated carbocycles. The van der Waals surface area contributed by atoms with Gasteiger partial charge in [-0.15, -0.1) is 0 Å². The molecule has 33 heavy (non-hydrogen) atoms. The molecule has 0 bridgehead atoms. The Labute approximate surface area is 197 Å². The van der Waals surface area contributed by atoms with Crippen molar-refractivity contribution in [2.24, 2.45) is 0 Å². The summed E-state index contributed by atoms with van der Waals surface area (Å²) >= 11 is 5.48. The molecule has 8 heteroatoms. The van der Waals surface area contributed by atoms with Crippen molar-refractivity contribution in [3.63, 3.8) is 0 Å². The van der Waals surface area contributed by atoms with Gasteiger partial charge in [-0.3, -0.25) is 4.98 Å². The number of rotatable bonds is 6. The normalized spacial score (nSPS) is 12.1. The first-order chi connectivity index (χ1) is 16.1. The Kier molecular flexibility index (Phi) is 5.66. The van der Waals surface area contributed by atoms with Crippen molar-refractivity contribution in [3.8, 4) is 11.3 Å². The van der Waals surface area contributed by atoms with E-state index in [2.05, 4.69) is 55.7 Å². The molecule has 1 atom stereocenters. The number of nitrogens with zero attached hydrogens (tertiary/aromatic N) is 5. The Morgan fingerprint density at radius 2 is 2.00 bits per heavy atom. The van der Waals surface area contributed by atoms with Crippen LogP contribution in [-0.4, -0.2) is 42.9 Å². The number of pyridine rings is 1. The van der Waals surface area contributed by atoms with E-state index in [1.54, 1.807) is 6.33 Å². The minimum Gasteiger partial charge on any atom is -0.379 e. The van der Waals surface area contributed by atoms with Crippen LogP contribution in [0.5, 0.6) is 0 Å². The molecule has 4 heterocycles. The van der Waals surface area contributed by atoms with Crippen LogP contribution in [0.25, 0.3) is 27.8 Å². The van der Waals surface area contributed by atoms with Gasteiger partial charge in [0.2, 0.25) is 0 Å². The summed E-state index contributed by atoms with van der Waals surface area (Å²) in [7, 11) is 1.84. The largest absolute Gasteiger partial charge is 0.379 e. The standard InChI is InChI=1S/C25H23N7S/c1-16(18-5-3-6-19-20(25(33)26-2)8-9-27-24(18)19)12-28-22-11-21(30-15-31-22)17-13-29-23-7-4-10-32(23)14-17/h3-11,13-16H,12H2,1-2H3,(H,26,33)(H,28,30,31). The Morgan fingerprint density at radius 3 is 2.88 bits per heavy atom. The number of aromatic nitrogens is 5. The van der Waals surface area contributed by atoms with Crippen LogP contribution in [0, 0.1) is 0 Å². The van der Waals surface area contributed by atoms with Crippen LogP contribution >= 0.6 is 12.2 Å². The fraction of sp³-hybridized carbons (Fsp3) is 0.160. The highest BCUT2D eigenvalue weighted by Gasteiger charge is 2.14. The molecule has 2 N–H and O–H groups in total. The minimum atomic E-state index is 0.205. The van der Waals surface area contributed by atoms with Gasteiger partial charge in [-0.2, -0.15) is 0 Å². The number of nitrogens with one attached hydrogen (secondary N) is 2. The Bertz CT molecular complexity index is 1460. The Morgan fingerprint density at radius 1 is 1.09 bits per heavy atom. The van der Waals surface area contributed by atoms with Gasteiger partial charge in [-0.1, -0.05) is 37.3 Å². The van der Waals surface area contributed by atoms with Crippen molar-refractivity contribution in [1.29, 1.82) is 0 Å². The molecule has 7 nitrogen and oxygen atoms in total. The lowest BCUT2D eigenvalue weighted by Crippen LogP contribution is -2.17. The van der Waals surface area contributed by atoms with E-state index in [0.29, 0.717) is 11.5 Å². The van der Waals surface area contributed by atoms with E-state index >= 15 is 0 Å². The molecule has 164 valence electrons.